The molecule has 0 heterocycles. The van der Waals surface area contributed by atoms with Crippen LogP contribution in [0, 0.1) is 0 Å². The third-order valence-electron chi connectivity index (χ3n) is 10.1. The number of esters is 2. The summed E-state index contributed by atoms with van der Waals surface area (Å²) in [5, 5.41) is 11.6. The van der Waals surface area contributed by atoms with Gasteiger partial charge in [0.2, 0.25) is 0 Å². The number of carboxylic acids is 1. The lowest BCUT2D eigenvalue weighted by Crippen LogP contribution is -2.55. The molecule has 0 bridgehead atoms. The van der Waals surface area contributed by atoms with Gasteiger partial charge in [0.25, 0.3) is 0 Å². The number of unbranched alkanes of at least 4 members (excludes halogenated alkanes) is 18. The molecule has 0 aliphatic carbocycles. The van der Waals surface area contributed by atoms with Crippen LogP contribution in [0.3, 0.4) is 0 Å². The van der Waals surface area contributed by atoms with Crippen molar-refractivity contribution in [1.82, 2.24) is 0 Å². The maximum atomic E-state index is 12.7. The highest BCUT2D eigenvalue weighted by Gasteiger charge is 2.25. The van der Waals surface area contributed by atoms with E-state index in [1.165, 1.54) is 57.8 Å². The van der Waals surface area contributed by atoms with E-state index in [2.05, 4.69) is 62.5 Å². The number of likely N-dealkylation sites (N-methyl/N-ethyl adjacent to an activating group) is 1. The molecule has 0 N–H and O–H groups in total. The predicted molar refractivity (Wildman–Crippen MR) is 249 cm³/mol. The summed E-state index contributed by atoms with van der Waals surface area (Å²) in [4.78, 5) is 36.9. The van der Waals surface area contributed by atoms with Crippen molar-refractivity contribution in [3.63, 3.8) is 0 Å². The molecule has 0 rings (SSSR count). The van der Waals surface area contributed by atoms with E-state index in [0.717, 1.165) is 83.5 Å². The molecule has 0 amide bonds. The van der Waals surface area contributed by atoms with E-state index in [1.807, 2.05) is 36.5 Å². The number of carbonyl (C=O) groups excluding carboxylic acids is 3. The second-order valence-electron chi connectivity index (χ2n) is 16.8. The van der Waals surface area contributed by atoms with Crippen molar-refractivity contribution in [1.29, 1.82) is 0 Å². The van der Waals surface area contributed by atoms with Crippen molar-refractivity contribution < 1.29 is 38.2 Å². The van der Waals surface area contributed by atoms with Crippen molar-refractivity contribution in [2.45, 2.75) is 187 Å². The molecular weight excluding hydrogens is 751 g/mol. The molecule has 0 saturated carbocycles. The summed E-state index contributed by atoms with van der Waals surface area (Å²) in [6.07, 6.45) is 54.6. The number of carboxylic acid groups (broad SMARTS) is 1. The molecule has 60 heavy (non-hydrogen) atoms. The van der Waals surface area contributed by atoms with E-state index in [0.29, 0.717) is 6.42 Å². The van der Waals surface area contributed by atoms with Gasteiger partial charge in [0.1, 0.15) is 12.6 Å². The molecule has 2 atom stereocenters. The lowest BCUT2D eigenvalue weighted by molar-refractivity contribution is -0.889. The second-order valence-corrected chi connectivity index (χ2v) is 16.8. The van der Waals surface area contributed by atoms with E-state index in [9.17, 15) is 19.5 Å². The van der Waals surface area contributed by atoms with E-state index >= 15 is 0 Å². The van der Waals surface area contributed by atoms with Crippen LogP contribution in [-0.4, -0.2) is 75.5 Å². The normalized spacial score (nSPS) is 13.7. The number of nitrogens with zero attached hydrogens (tertiary/aromatic N) is 1. The first kappa shape index (κ1) is 56.5. The van der Waals surface area contributed by atoms with Crippen LogP contribution < -0.4 is 5.11 Å². The first-order chi connectivity index (χ1) is 29.1. The van der Waals surface area contributed by atoms with E-state index < -0.39 is 18.1 Å². The van der Waals surface area contributed by atoms with Gasteiger partial charge in [-0.2, -0.15) is 0 Å². The second kappa shape index (κ2) is 42.2. The smallest absolute Gasteiger partial charge is 0.306 e. The highest BCUT2D eigenvalue weighted by atomic mass is 16.6. The van der Waals surface area contributed by atoms with Gasteiger partial charge in [0, 0.05) is 19.3 Å². The lowest BCUT2D eigenvalue weighted by atomic mass is 10.1. The quantitative estimate of drug-likeness (QED) is 0.0261. The van der Waals surface area contributed by atoms with Gasteiger partial charge in [-0.1, -0.05) is 182 Å². The summed E-state index contributed by atoms with van der Waals surface area (Å²) >= 11 is 0. The van der Waals surface area contributed by atoms with Crippen LogP contribution in [-0.2, 0) is 28.6 Å². The average Bonchev–Trinajstić information content (AvgIpc) is 3.21. The number of ether oxygens (including phenoxy) is 3. The van der Waals surface area contributed by atoms with Gasteiger partial charge in [-0.3, -0.25) is 9.59 Å². The zero-order chi connectivity index (χ0) is 44.2. The molecule has 0 aliphatic heterocycles. The van der Waals surface area contributed by atoms with Crippen molar-refractivity contribution in [2.75, 3.05) is 41.0 Å². The predicted octanol–water partition coefficient (Wildman–Crippen LogP) is 12.0. The van der Waals surface area contributed by atoms with Crippen LogP contribution in [0.5, 0.6) is 0 Å². The van der Waals surface area contributed by atoms with Crippen LogP contribution in [0.25, 0.3) is 0 Å². The number of allylic oxidation sites excluding steroid dienone is 14. The Morgan fingerprint density at radius 2 is 0.917 bits per heavy atom. The van der Waals surface area contributed by atoms with E-state index in [-0.39, 0.29) is 49.1 Å². The Kier molecular flexibility index (Phi) is 39.8. The summed E-state index contributed by atoms with van der Waals surface area (Å²) < 4.78 is 17.2. The van der Waals surface area contributed by atoms with Gasteiger partial charge in [0.05, 0.1) is 40.3 Å². The van der Waals surface area contributed by atoms with Crippen molar-refractivity contribution in [3.05, 3.63) is 85.1 Å². The number of hydrogen-bond acceptors (Lipinski definition) is 7. The van der Waals surface area contributed by atoms with Crippen molar-refractivity contribution in [3.8, 4) is 0 Å². The molecule has 0 fully saturated rings. The highest BCUT2D eigenvalue weighted by molar-refractivity contribution is 5.70. The fraction of sp³-hybridized carbons (Fsp3) is 0.673. The number of rotatable bonds is 41. The van der Waals surface area contributed by atoms with Crippen LogP contribution in [0.4, 0.5) is 0 Å². The zero-order valence-corrected chi connectivity index (χ0v) is 38.8. The Morgan fingerprint density at radius 1 is 0.500 bits per heavy atom. The van der Waals surface area contributed by atoms with Crippen LogP contribution in [0.1, 0.15) is 174 Å². The summed E-state index contributed by atoms with van der Waals surface area (Å²) in [6, 6.07) is -0.738. The SMILES string of the molecule is CCC/C=C/C=C/C=C/C=C/C=C/CCCCCCCC(=O)OC(COCCC(C(=O)[O-])[N+](C)(C)C)COC(=O)CCCCCCC/C=C/C=C/CCCCCCCCC. The monoisotopic (exact) mass is 838 g/mol. The molecule has 0 spiro atoms. The average molecular weight is 838 g/mol. The molecule has 342 valence electrons. The Balaban J connectivity index is 4.41. The summed E-state index contributed by atoms with van der Waals surface area (Å²) in [5.74, 6) is -1.80. The Morgan fingerprint density at radius 3 is 1.38 bits per heavy atom. The van der Waals surface area contributed by atoms with Gasteiger partial charge < -0.3 is 28.6 Å². The van der Waals surface area contributed by atoms with Gasteiger partial charge in [-0.15, -0.1) is 0 Å². The van der Waals surface area contributed by atoms with Crippen molar-refractivity contribution in [2.24, 2.45) is 0 Å². The molecule has 0 saturated heterocycles. The minimum Gasteiger partial charge on any atom is -0.544 e. The van der Waals surface area contributed by atoms with Gasteiger partial charge in [0.15, 0.2) is 6.10 Å². The van der Waals surface area contributed by atoms with Crippen LogP contribution in [0.2, 0.25) is 0 Å². The largest absolute Gasteiger partial charge is 0.544 e. The Hall–Kier alpha value is -3.49. The number of quaternary nitrogens is 1. The van der Waals surface area contributed by atoms with Crippen LogP contribution >= 0.6 is 0 Å². The summed E-state index contributed by atoms with van der Waals surface area (Å²) in [6.45, 7) is 4.51. The zero-order valence-electron chi connectivity index (χ0n) is 38.8. The summed E-state index contributed by atoms with van der Waals surface area (Å²) in [5.41, 5.74) is 0. The number of hydrogen-bond donors (Lipinski definition) is 0. The van der Waals surface area contributed by atoms with Gasteiger partial charge in [-0.25, -0.2) is 0 Å². The molecule has 0 aromatic heterocycles. The van der Waals surface area contributed by atoms with E-state index in [1.54, 1.807) is 21.1 Å². The molecular formula is C52H87NO7. The van der Waals surface area contributed by atoms with E-state index in [4.69, 9.17) is 14.2 Å². The fourth-order valence-electron chi connectivity index (χ4n) is 6.44. The topological polar surface area (TPSA) is 102 Å². The molecule has 0 aliphatic rings. The highest BCUT2D eigenvalue weighted by Crippen LogP contribution is 2.13. The lowest BCUT2D eigenvalue weighted by Gasteiger charge is -2.34. The first-order valence-electron chi connectivity index (χ1n) is 23.7. The molecule has 0 radical (unpaired) electrons. The maximum Gasteiger partial charge on any atom is 0.306 e. The molecule has 0 aromatic rings. The van der Waals surface area contributed by atoms with Gasteiger partial charge in [-0.05, 0) is 57.8 Å². The Labute approximate surface area is 367 Å². The summed E-state index contributed by atoms with van der Waals surface area (Å²) in [7, 11) is 5.39. The molecule has 8 nitrogen and oxygen atoms in total. The van der Waals surface area contributed by atoms with Crippen molar-refractivity contribution >= 4 is 17.9 Å². The molecule has 0 aromatic carbocycles. The third kappa shape index (κ3) is 39.9. The number of carbonyl (C=O) groups is 3. The molecule has 8 heteroatoms. The standard InChI is InChI=1S/C52H87NO7/c1-6-8-10-12-14-16-18-20-22-24-26-28-30-32-34-36-38-40-42-50(54)59-47-48(46-58-45-44-49(52(56)57)53(3,4)5)60-51(55)43-41-39-37-35-33-31-29-27-25-23-21-19-17-15-13-11-9-7-2/h11,13,15,17,19,21-29,48-49H,6-10,12,14,16,18,20,30-47H2,1-5H3/b13-11+,17-15+,21-19+,24-22+,25-23+,28-26+,29-27+. The minimum atomic E-state index is -1.14. The Bertz CT molecular complexity index is 1250. The third-order valence-corrected chi connectivity index (χ3v) is 10.1. The maximum absolute atomic E-state index is 12.7. The first-order valence-corrected chi connectivity index (χ1v) is 23.7. The van der Waals surface area contributed by atoms with Crippen LogP contribution in [0.15, 0.2) is 85.1 Å². The van der Waals surface area contributed by atoms with Gasteiger partial charge >= 0.3 is 11.9 Å². The minimum absolute atomic E-state index is 0.0200. The molecule has 2 unspecified atom stereocenters. The number of aliphatic carboxylic acids is 1. The fourth-order valence-corrected chi connectivity index (χ4v) is 6.44.